The molecule has 4 rings (SSSR count). The Balaban J connectivity index is 1.52. The van der Waals surface area contributed by atoms with Crippen LogP contribution < -0.4 is 10.1 Å². The Kier molecular flexibility index (Phi) is 5.97. The minimum atomic E-state index is -0.285. The van der Waals surface area contributed by atoms with E-state index in [2.05, 4.69) is 15.6 Å². The van der Waals surface area contributed by atoms with Gasteiger partial charge >= 0.3 is 0 Å². The molecular weight excluding hydrogens is 394 g/mol. The molecule has 1 N–H and O–H groups in total. The number of aromatic nitrogens is 3. The van der Waals surface area contributed by atoms with Crippen LogP contribution in [0.25, 0.3) is 5.69 Å². The van der Waals surface area contributed by atoms with Crippen LogP contribution >= 0.6 is 0 Å². The highest BCUT2D eigenvalue weighted by atomic mass is 16.5. The van der Waals surface area contributed by atoms with Gasteiger partial charge in [-0.1, -0.05) is 29.5 Å². The van der Waals surface area contributed by atoms with E-state index in [1.807, 2.05) is 37.3 Å². The van der Waals surface area contributed by atoms with E-state index in [4.69, 9.17) is 4.74 Å². The van der Waals surface area contributed by atoms with Gasteiger partial charge in [0.15, 0.2) is 5.69 Å². The maximum atomic E-state index is 13.3. The van der Waals surface area contributed by atoms with Crippen molar-refractivity contribution < 1.29 is 14.3 Å². The number of nitrogens with one attached hydrogen (secondary N) is 1. The van der Waals surface area contributed by atoms with Crippen molar-refractivity contribution in [2.24, 2.45) is 0 Å². The van der Waals surface area contributed by atoms with E-state index in [9.17, 15) is 9.59 Å². The summed E-state index contributed by atoms with van der Waals surface area (Å²) in [6.45, 7) is 2.15. The summed E-state index contributed by atoms with van der Waals surface area (Å²) in [6, 6.07) is 16.8. The smallest absolute Gasteiger partial charge is 0.276 e. The van der Waals surface area contributed by atoms with Crippen LogP contribution in [-0.2, 0) is 4.79 Å². The van der Waals surface area contributed by atoms with Crippen molar-refractivity contribution in [2.75, 3.05) is 25.5 Å². The summed E-state index contributed by atoms with van der Waals surface area (Å²) >= 11 is 0. The molecule has 0 radical (unpaired) electrons. The monoisotopic (exact) mass is 419 g/mol. The first-order valence-corrected chi connectivity index (χ1v) is 10.3. The second-order valence-electron chi connectivity index (χ2n) is 7.44. The molecule has 0 bridgehead atoms. The summed E-state index contributed by atoms with van der Waals surface area (Å²) < 4.78 is 6.93. The number of rotatable bonds is 8. The lowest BCUT2D eigenvalue weighted by Crippen LogP contribution is -2.38. The van der Waals surface area contributed by atoms with Gasteiger partial charge in [-0.3, -0.25) is 9.59 Å². The van der Waals surface area contributed by atoms with Crippen molar-refractivity contribution >= 4 is 17.5 Å². The third kappa shape index (κ3) is 4.58. The fourth-order valence-electron chi connectivity index (χ4n) is 3.48. The second kappa shape index (κ2) is 8.99. The number of methoxy groups -OCH3 is 1. The van der Waals surface area contributed by atoms with Crippen molar-refractivity contribution in [3.8, 4) is 11.4 Å². The molecule has 31 heavy (non-hydrogen) atoms. The zero-order chi connectivity index (χ0) is 21.8. The standard InChI is InChI=1S/C23H25N5O3/c1-3-27(15-20(29)24-17-8-7-11-19(14-17)31-2)23(30)21-22(16-12-13-16)28(26-25-21)18-9-5-4-6-10-18/h4-11,14,16H,3,12-13,15H2,1-2H3,(H,24,29). The van der Waals surface area contributed by atoms with Crippen molar-refractivity contribution in [3.05, 3.63) is 66.0 Å². The van der Waals surface area contributed by atoms with Gasteiger partial charge in [0.2, 0.25) is 5.91 Å². The average molecular weight is 419 g/mol. The summed E-state index contributed by atoms with van der Waals surface area (Å²) in [6.07, 6.45) is 2.01. The molecule has 1 aliphatic rings. The maximum absolute atomic E-state index is 13.3. The summed E-state index contributed by atoms with van der Waals surface area (Å²) in [5, 5.41) is 11.3. The van der Waals surface area contributed by atoms with Crippen LogP contribution in [0.2, 0.25) is 0 Å². The molecule has 0 unspecified atom stereocenters. The molecule has 0 saturated heterocycles. The zero-order valence-electron chi connectivity index (χ0n) is 17.6. The first-order valence-electron chi connectivity index (χ1n) is 10.3. The predicted molar refractivity (Wildman–Crippen MR) is 117 cm³/mol. The number of amides is 2. The van der Waals surface area contributed by atoms with E-state index in [0.29, 0.717) is 23.7 Å². The van der Waals surface area contributed by atoms with Crippen LogP contribution in [0.5, 0.6) is 5.75 Å². The molecule has 1 heterocycles. The maximum Gasteiger partial charge on any atom is 0.276 e. The van der Waals surface area contributed by atoms with Crippen molar-refractivity contribution in [3.63, 3.8) is 0 Å². The van der Waals surface area contributed by atoms with Gasteiger partial charge in [-0.15, -0.1) is 5.10 Å². The minimum absolute atomic E-state index is 0.0746. The van der Waals surface area contributed by atoms with Crippen LogP contribution in [-0.4, -0.2) is 51.9 Å². The Morgan fingerprint density at radius 2 is 1.94 bits per heavy atom. The molecule has 8 nitrogen and oxygen atoms in total. The predicted octanol–water partition coefficient (Wildman–Crippen LogP) is 3.25. The topological polar surface area (TPSA) is 89.3 Å². The van der Waals surface area contributed by atoms with Gasteiger partial charge in [-0.25, -0.2) is 4.68 Å². The molecule has 2 aromatic carbocycles. The van der Waals surface area contributed by atoms with Crippen molar-refractivity contribution in [1.29, 1.82) is 0 Å². The van der Waals surface area contributed by atoms with Crippen LogP contribution in [0.15, 0.2) is 54.6 Å². The van der Waals surface area contributed by atoms with Gasteiger partial charge in [0.1, 0.15) is 12.3 Å². The third-order valence-corrected chi connectivity index (χ3v) is 5.23. The molecule has 3 aromatic rings. The molecule has 8 heteroatoms. The van der Waals surface area contributed by atoms with Crippen LogP contribution in [0.4, 0.5) is 5.69 Å². The van der Waals surface area contributed by atoms with E-state index in [0.717, 1.165) is 24.2 Å². The number of para-hydroxylation sites is 1. The minimum Gasteiger partial charge on any atom is -0.497 e. The van der Waals surface area contributed by atoms with Crippen LogP contribution in [0.1, 0.15) is 41.9 Å². The molecule has 2 amide bonds. The van der Waals surface area contributed by atoms with E-state index in [-0.39, 0.29) is 24.3 Å². The number of ether oxygens (including phenoxy) is 1. The molecule has 160 valence electrons. The molecule has 0 atom stereocenters. The highest BCUT2D eigenvalue weighted by molar-refractivity contribution is 5.99. The molecule has 1 saturated carbocycles. The van der Waals surface area contributed by atoms with Gasteiger partial charge in [-0.2, -0.15) is 0 Å². The number of benzene rings is 2. The van der Waals surface area contributed by atoms with Gasteiger partial charge in [0.05, 0.1) is 18.5 Å². The highest BCUT2D eigenvalue weighted by Gasteiger charge is 2.35. The Bertz CT molecular complexity index is 1080. The fraction of sp³-hybridized carbons (Fsp3) is 0.304. The zero-order valence-corrected chi connectivity index (χ0v) is 17.6. The fourth-order valence-corrected chi connectivity index (χ4v) is 3.48. The summed E-state index contributed by atoms with van der Waals surface area (Å²) in [7, 11) is 1.57. The second-order valence-corrected chi connectivity index (χ2v) is 7.44. The summed E-state index contributed by atoms with van der Waals surface area (Å²) in [5.41, 5.74) is 2.63. The van der Waals surface area contributed by atoms with Crippen molar-refractivity contribution in [2.45, 2.75) is 25.7 Å². The molecule has 1 fully saturated rings. The van der Waals surface area contributed by atoms with Gasteiger partial charge in [-0.05, 0) is 44.0 Å². The lowest BCUT2D eigenvalue weighted by molar-refractivity contribution is -0.116. The number of carbonyl (C=O) groups excluding carboxylic acids is 2. The number of carbonyl (C=O) groups is 2. The van der Waals surface area contributed by atoms with Gasteiger partial charge in [0.25, 0.3) is 5.91 Å². The summed E-state index contributed by atoms with van der Waals surface area (Å²) in [4.78, 5) is 27.3. The molecule has 1 aromatic heterocycles. The van der Waals surface area contributed by atoms with Gasteiger partial charge < -0.3 is 15.0 Å². The van der Waals surface area contributed by atoms with E-state index in [1.54, 1.807) is 36.1 Å². The van der Waals surface area contributed by atoms with Crippen LogP contribution in [0, 0.1) is 0 Å². The van der Waals surface area contributed by atoms with Crippen LogP contribution in [0.3, 0.4) is 0 Å². The average Bonchev–Trinajstić information content (AvgIpc) is 3.55. The lowest BCUT2D eigenvalue weighted by Gasteiger charge is -2.20. The molecule has 0 spiro atoms. The van der Waals surface area contributed by atoms with Crippen molar-refractivity contribution in [1.82, 2.24) is 19.9 Å². The third-order valence-electron chi connectivity index (χ3n) is 5.23. The molecule has 1 aliphatic carbocycles. The first kappa shape index (κ1) is 20.6. The Hall–Kier alpha value is -3.68. The molecular formula is C23H25N5O3. The van der Waals surface area contributed by atoms with E-state index < -0.39 is 0 Å². The highest BCUT2D eigenvalue weighted by Crippen LogP contribution is 2.42. The normalized spacial score (nSPS) is 13.0. The number of likely N-dealkylation sites (N-methyl/N-ethyl adjacent to an activating group) is 1. The SMILES string of the molecule is CCN(CC(=O)Nc1cccc(OC)c1)C(=O)c1nnn(-c2ccccc2)c1C1CC1. The van der Waals surface area contributed by atoms with E-state index in [1.165, 1.54) is 4.90 Å². The first-order chi connectivity index (χ1) is 15.1. The Morgan fingerprint density at radius 1 is 1.16 bits per heavy atom. The number of anilines is 1. The number of hydrogen-bond acceptors (Lipinski definition) is 5. The van der Waals surface area contributed by atoms with Gasteiger partial charge in [0, 0.05) is 24.2 Å². The lowest BCUT2D eigenvalue weighted by atomic mass is 10.2. The largest absolute Gasteiger partial charge is 0.497 e. The van der Waals surface area contributed by atoms with E-state index >= 15 is 0 Å². The quantitative estimate of drug-likeness (QED) is 0.605. The summed E-state index contributed by atoms with van der Waals surface area (Å²) in [5.74, 6) is 0.338. The Labute approximate surface area is 180 Å². The Morgan fingerprint density at radius 3 is 2.61 bits per heavy atom. The number of nitrogens with zero attached hydrogens (tertiary/aromatic N) is 4. The molecule has 0 aliphatic heterocycles. The number of hydrogen-bond donors (Lipinski definition) is 1.